The van der Waals surface area contributed by atoms with E-state index in [1.165, 1.54) is 28.9 Å². The summed E-state index contributed by atoms with van der Waals surface area (Å²) in [6.45, 7) is 7.36. The molecule has 0 atom stereocenters. The number of carbonyl (C=O) groups excluding carboxylic acids is 1. The molecule has 2 N–H and O–H groups in total. The fraction of sp³-hybridized carbons (Fsp3) is 0.381. The van der Waals surface area contributed by atoms with E-state index in [2.05, 4.69) is 36.9 Å². The van der Waals surface area contributed by atoms with E-state index in [9.17, 15) is 13.2 Å². The van der Waals surface area contributed by atoms with Gasteiger partial charge in [-0.15, -0.1) is 0 Å². The van der Waals surface area contributed by atoms with Crippen LogP contribution in [0.1, 0.15) is 23.1 Å². The summed E-state index contributed by atoms with van der Waals surface area (Å²) in [5, 5.41) is 5.10. The van der Waals surface area contributed by atoms with Gasteiger partial charge in [-0.3, -0.25) is 4.79 Å². The van der Waals surface area contributed by atoms with Crippen molar-refractivity contribution in [3.8, 4) is 0 Å². The normalized spacial score (nSPS) is 15.0. The van der Waals surface area contributed by atoms with E-state index >= 15 is 0 Å². The summed E-state index contributed by atoms with van der Waals surface area (Å²) < 4.78 is 22.6. The van der Waals surface area contributed by atoms with Crippen LogP contribution < -0.4 is 10.0 Å². The molecule has 1 aliphatic rings. The standard InChI is InChI=1S/C21H27N3O3S/c1-16-4-3-5-20(17(16)2)23-12-14-24(15-13-23)21(25)11-8-18-6-9-19(10-7-18)28(22,26)27/h3-7,9-10H,8,11-15H2,1-2H3,(H2,22,26,27). The van der Waals surface area contributed by atoms with Gasteiger partial charge in [0, 0.05) is 38.3 Å². The van der Waals surface area contributed by atoms with Crippen LogP contribution in [0, 0.1) is 13.8 Å². The van der Waals surface area contributed by atoms with Gasteiger partial charge >= 0.3 is 0 Å². The van der Waals surface area contributed by atoms with Crippen molar-refractivity contribution in [1.82, 2.24) is 4.90 Å². The van der Waals surface area contributed by atoms with Gasteiger partial charge < -0.3 is 9.80 Å². The van der Waals surface area contributed by atoms with Crippen LogP contribution in [0.2, 0.25) is 0 Å². The van der Waals surface area contributed by atoms with Gasteiger partial charge in [-0.1, -0.05) is 24.3 Å². The lowest BCUT2D eigenvalue weighted by Gasteiger charge is -2.37. The Morgan fingerprint density at radius 1 is 1.00 bits per heavy atom. The zero-order valence-electron chi connectivity index (χ0n) is 16.4. The van der Waals surface area contributed by atoms with E-state index < -0.39 is 10.0 Å². The Labute approximate surface area is 167 Å². The molecule has 2 aromatic rings. The molecule has 2 aromatic carbocycles. The molecule has 0 bridgehead atoms. The fourth-order valence-corrected chi connectivity index (χ4v) is 4.05. The van der Waals surface area contributed by atoms with Crippen LogP contribution in [0.5, 0.6) is 0 Å². The number of piperazine rings is 1. The minimum absolute atomic E-state index is 0.0881. The number of nitrogens with two attached hydrogens (primary N) is 1. The molecule has 0 aliphatic carbocycles. The second-order valence-corrected chi connectivity index (χ2v) is 8.84. The smallest absolute Gasteiger partial charge is 0.238 e. The van der Waals surface area contributed by atoms with Crippen molar-refractivity contribution in [2.24, 2.45) is 5.14 Å². The summed E-state index contributed by atoms with van der Waals surface area (Å²) in [6.07, 6.45) is 0.999. The van der Waals surface area contributed by atoms with E-state index in [1.807, 2.05) is 4.90 Å². The first-order valence-corrected chi connectivity index (χ1v) is 11.0. The van der Waals surface area contributed by atoms with Crippen LogP contribution in [0.3, 0.4) is 0 Å². The summed E-state index contributed by atoms with van der Waals surface area (Å²) in [7, 11) is -3.68. The third-order valence-electron chi connectivity index (χ3n) is 5.43. The van der Waals surface area contributed by atoms with E-state index in [4.69, 9.17) is 5.14 Å². The lowest BCUT2D eigenvalue weighted by molar-refractivity contribution is -0.131. The average Bonchev–Trinajstić information content (AvgIpc) is 2.68. The van der Waals surface area contributed by atoms with E-state index in [0.29, 0.717) is 12.8 Å². The number of nitrogens with zero attached hydrogens (tertiary/aromatic N) is 2. The van der Waals surface area contributed by atoms with Crippen molar-refractivity contribution >= 4 is 21.6 Å². The molecule has 1 fully saturated rings. The number of benzene rings is 2. The van der Waals surface area contributed by atoms with Crippen molar-refractivity contribution in [3.63, 3.8) is 0 Å². The zero-order valence-corrected chi connectivity index (χ0v) is 17.2. The number of carbonyl (C=O) groups is 1. The number of hydrogen-bond donors (Lipinski definition) is 1. The largest absolute Gasteiger partial charge is 0.368 e. The zero-order chi connectivity index (χ0) is 20.3. The molecule has 7 heteroatoms. The van der Waals surface area contributed by atoms with Crippen molar-refractivity contribution < 1.29 is 13.2 Å². The minimum Gasteiger partial charge on any atom is -0.368 e. The number of anilines is 1. The summed E-state index contributed by atoms with van der Waals surface area (Å²) in [6, 6.07) is 12.7. The quantitative estimate of drug-likeness (QED) is 0.833. The van der Waals surface area contributed by atoms with Gasteiger partial charge in [0.05, 0.1) is 4.90 Å². The number of rotatable bonds is 5. The summed E-state index contributed by atoms with van der Waals surface area (Å²) >= 11 is 0. The SMILES string of the molecule is Cc1cccc(N2CCN(C(=O)CCc3ccc(S(N)(=O)=O)cc3)CC2)c1C. The molecular weight excluding hydrogens is 374 g/mol. The molecule has 0 radical (unpaired) electrons. The van der Waals surface area contributed by atoms with E-state index in [-0.39, 0.29) is 10.8 Å². The van der Waals surface area contributed by atoms with Gasteiger partial charge in [-0.05, 0) is 55.2 Å². The van der Waals surface area contributed by atoms with E-state index in [0.717, 1.165) is 31.7 Å². The maximum atomic E-state index is 12.6. The Balaban J connectivity index is 1.52. The predicted octanol–water partition coefficient (Wildman–Crippen LogP) is 2.23. The molecular formula is C21H27N3O3S. The van der Waals surface area contributed by atoms with Crippen LogP contribution in [0.25, 0.3) is 0 Å². The molecule has 6 nitrogen and oxygen atoms in total. The first-order valence-electron chi connectivity index (χ1n) is 9.46. The Hall–Kier alpha value is -2.38. The van der Waals surface area contributed by atoms with Crippen LogP contribution >= 0.6 is 0 Å². The predicted molar refractivity (Wildman–Crippen MR) is 111 cm³/mol. The molecule has 28 heavy (non-hydrogen) atoms. The lowest BCUT2D eigenvalue weighted by Crippen LogP contribution is -2.49. The molecule has 1 heterocycles. The molecule has 0 saturated carbocycles. The van der Waals surface area contributed by atoms with Crippen molar-refractivity contribution in [2.45, 2.75) is 31.6 Å². The highest BCUT2D eigenvalue weighted by molar-refractivity contribution is 7.89. The first kappa shape index (κ1) is 20.4. The van der Waals surface area contributed by atoms with E-state index in [1.54, 1.807) is 12.1 Å². The number of sulfonamides is 1. The Morgan fingerprint density at radius 3 is 2.25 bits per heavy atom. The Morgan fingerprint density at radius 2 is 1.64 bits per heavy atom. The highest BCUT2D eigenvalue weighted by Gasteiger charge is 2.22. The Bertz CT molecular complexity index is 947. The molecule has 1 saturated heterocycles. The van der Waals surface area contributed by atoms with Gasteiger partial charge in [-0.25, -0.2) is 13.6 Å². The van der Waals surface area contributed by atoms with Crippen molar-refractivity contribution in [1.29, 1.82) is 0 Å². The lowest BCUT2D eigenvalue weighted by atomic mass is 10.1. The van der Waals surface area contributed by atoms with Gasteiger partial charge in [0.2, 0.25) is 15.9 Å². The maximum Gasteiger partial charge on any atom is 0.238 e. The van der Waals surface area contributed by atoms with Crippen LogP contribution in [0.4, 0.5) is 5.69 Å². The monoisotopic (exact) mass is 401 g/mol. The number of amides is 1. The molecule has 1 aliphatic heterocycles. The van der Waals surface area contributed by atoms with Gasteiger partial charge in [0.15, 0.2) is 0 Å². The summed E-state index contributed by atoms with van der Waals surface area (Å²) in [4.78, 5) is 16.9. The molecule has 150 valence electrons. The topological polar surface area (TPSA) is 83.7 Å². The summed E-state index contributed by atoms with van der Waals surface area (Å²) in [5.74, 6) is 0.135. The first-order chi connectivity index (χ1) is 13.3. The highest BCUT2D eigenvalue weighted by Crippen LogP contribution is 2.24. The minimum atomic E-state index is -3.68. The Kier molecular flexibility index (Phi) is 6.05. The molecule has 0 spiro atoms. The fourth-order valence-electron chi connectivity index (χ4n) is 3.53. The second kappa shape index (κ2) is 8.32. The molecule has 3 rings (SSSR count). The molecule has 0 aromatic heterocycles. The van der Waals surface area contributed by atoms with Gasteiger partial charge in [0.25, 0.3) is 0 Å². The van der Waals surface area contributed by atoms with Crippen LogP contribution in [-0.4, -0.2) is 45.4 Å². The average molecular weight is 402 g/mol. The van der Waals surface area contributed by atoms with Gasteiger partial charge in [-0.2, -0.15) is 0 Å². The maximum absolute atomic E-state index is 12.6. The number of primary sulfonamides is 1. The van der Waals surface area contributed by atoms with Crippen LogP contribution in [-0.2, 0) is 21.2 Å². The number of aryl methyl sites for hydroxylation is 2. The van der Waals surface area contributed by atoms with Crippen LogP contribution in [0.15, 0.2) is 47.4 Å². The third kappa shape index (κ3) is 4.72. The van der Waals surface area contributed by atoms with Gasteiger partial charge in [0.1, 0.15) is 0 Å². The molecule has 0 unspecified atom stereocenters. The third-order valence-corrected chi connectivity index (χ3v) is 6.36. The van der Waals surface area contributed by atoms with Crippen molar-refractivity contribution in [2.75, 3.05) is 31.1 Å². The van der Waals surface area contributed by atoms with Crippen molar-refractivity contribution in [3.05, 3.63) is 59.2 Å². The number of hydrogen-bond acceptors (Lipinski definition) is 4. The molecule has 1 amide bonds. The summed E-state index contributed by atoms with van der Waals surface area (Å²) in [5.41, 5.74) is 4.76. The highest BCUT2D eigenvalue weighted by atomic mass is 32.2. The second-order valence-electron chi connectivity index (χ2n) is 7.28.